The Morgan fingerprint density at radius 1 is 1.17 bits per heavy atom. The summed E-state index contributed by atoms with van der Waals surface area (Å²) >= 11 is 0. The fraction of sp³-hybridized carbons (Fsp3) is 0.654. The number of amides is 2. The Morgan fingerprint density at radius 2 is 1.83 bits per heavy atom. The van der Waals surface area contributed by atoms with Gasteiger partial charge in [0.25, 0.3) is 0 Å². The van der Waals surface area contributed by atoms with Crippen LogP contribution in [-0.2, 0) is 15.8 Å². The van der Waals surface area contributed by atoms with Gasteiger partial charge in [0, 0.05) is 49.7 Å². The van der Waals surface area contributed by atoms with Crippen LogP contribution in [0.15, 0.2) is 18.2 Å². The maximum atomic E-state index is 13.6. The van der Waals surface area contributed by atoms with Crippen molar-refractivity contribution in [3.63, 3.8) is 0 Å². The van der Waals surface area contributed by atoms with Gasteiger partial charge in [0.2, 0.25) is 11.8 Å². The van der Waals surface area contributed by atoms with Crippen molar-refractivity contribution >= 4 is 17.5 Å². The molecule has 2 saturated heterocycles. The number of nitrogens with zero attached hydrogens (tertiary/aromatic N) is 3. The summed E-state index contributed by atoms with van der Waals surface area (Å²) in [7, 11) is 0. The molecule has 1 atom stereocenters. The molecule has 3 aliphatic rings. The van der Waals surface area contributed by atoms with Crippen LogP contribution in [0.4, 0.5) is 18.9 Å². The number of alkyl halides is 3. The summed E-state index contributed by atoms with van der Waals surface area (Å²) in [6, 6.07) is 5.57. The number of anilines is 1. The lowest BCUT2D eigenvalue weighted by Gasteiger charge is -2.42. The number of benzene rings is 1. The normalized spacial score (nSPS) is 22.3. The highest BCUT2D eigenvalue weighted by atomic mass is 19.4. The molecular formula is C26H33F3N4O2. The standard InChI is InChI=1S/C26H33F3N4O2/c1-24(2,3)13-22(34)32-10-8-25(9-11-32)16-33(15-21(25)23(35)31-18-5-6-18)19-7-4-17(14-30)20(12-19)26(27,28)29/h4,7,12,18,21H,5-6,8-11,13,15-16H2,1-3H3,(H,31,35). The van der Waals surface area contributed by atoms with E-state index in [-0.39, 0.29) is 29.2 Å². The van der Waals surface area contributed by atoms with Crippen molar-refractivity contribution in [2.45, 2.75) is 65.1 Å². The summed E-state index contributed by atoms with van der Waals surface area (Å²) in [5.41, 5.74) is -1.54. The van der Waals surface area contributed by atoms with Crippen molar-refractivity contribution in [1.29, 1.82) is 5.26 Å². The summed E-state index contributed by atoms with van der Waals surface area (Å²) in [5, 5.41) is 12.2. The fourth-order valence-electron chi connectivity index (χ4n) is 5.39. The lowest BCUT2D eigenvalue weighted by Crippen LogP contribution is -2.50. The molecule has 1 aromatic carbocycles. The van der Waals surface area contributed by atoms with Crippen LogP contribution in [0.5, 0.6) is 0 Å². The number of likely N-dealkylation sites (tertiary alicyclic amines) is 1. The summed E-state index contributed by atoms with van der Waals surface area (Å²) < 4.78 is 40.7. The molecule has 2 aliphatic heterocycles. The first-order valence-corrected chi connectivity index (χ1v) is 12.3. The zero-order valence-electron chi connectivity index (χ0n) is 20.5. The Hall–Kier alpha value is -2.76. The predicted octanol–water partition coefficient (Wildman–Crippen LogP) is 4.34. The SMILES string of the molecule is CC(C)(C)CC(=O)N1CCC2(CC1)CN(c1ccc(C#N)c(C(F)(F)F)c1)CC2C(=O)NC1CC1. The second kappa shape index (κ2) is 9.03. The van der Waals surface area contributed by atoms with E-state index < -0.39 is 22.7 Å². The van der Waals surface area contributed by atoms with Gasteiger partial charge in [-0.2, -0.15) is 18.4 Å². The highest BCUT2D eigenvalue weighted by Crippen LogP contribution is 2.47. The van der Waals surface area contributed by atoms with E-state index in [2.05, 4.69) is 5.32 Å². The number of hydrogen-bond donors (Lipinski definition) is 1. The molecule has 1 saturated carbocycles. The number of nitriles is 1. The van der Waals surface area contributed by atoms with Crippen molar-refractivity contribution in [2.24, 2.45) is 16.7 Å². The molecule has 2 heterocycles. The minimum Gasteiger partial charge on any atom is -0.370 e. The molecule has 1 N–H and O–H groups in total. The van der Waals surface area contributed by atoms with Gasteiger partial charge in [-0.25, -0.2) is 0 Å². The van der Waals surface area contributed by atoms with Gasteiger partial charge in [0.1, 0.15) is 0 Å². The first kappa shape index (κ1) is 25.3. The number of rotatable bonds is 4. The third kappa shape index (κ3) is 5.57. The fourth-order valence-corrected chi connectivity index (χ4v) is 5.39. The molecule has 2 amide bonds. The van der Waals surface area contributed by atoms with E-state index >= 15 is 0 Å². The number of halogens is 3. The third-order valence-electron chi connectivity index (χ3n) is 7.48. The van der Waals surface area contributed by atoms with Gasteiger partial charge < -0.3 is 15.1 Å². The molecule has 1 aromatic rings. The van der Waals surface area contributed by atoms with E-state index in [9.17, 15) is 22.8 Å². The molecule has 3 fully saturated rings. The van der Waals surface area contributed by atoms with Gasteiger partial charge in [-0.05, 0) is 49.3 Å². The molecule has 1 unspecified atom stereocenters. The number of carbonyl (C=O) groups is 2. The number of piperidine rings is 1. The minimum absolute atomic E-state index is 0.0471. The van der Waals surface area contributed by atoms with Crippen molar-refractivity contribution < 1.29 is 22.8 Å². The van der Waals surface area contributed by atoms with Crippen LogP contribution in [-0.4, -0.2) is 48.9 Å². The van der Waals surface area contributed by atoms with Gasteiger partial charge in [-0.1, -0.05) is 20.8 Å². The Kier molecular flexibility index (Phi) is 6.54. The summed E-state index contributed by atoms with van der Waals surface area (Å²) in [6.45, 7) is 7.91. The monoisotopic (exact) mass is 490 g/mol. The van der Waals surface area contributed by atoms with Crippen LogP contribution in [0.25, 0.3) is 0 Å². The van der Waals surface area contributed by atoms with Crippen LogP contribution < -0.4 is 10.2 Å². The van der Waals surface area contributed by atoms with Crippen LogP contribution in [0.2, 0.25) is 0 Å². The minimum atomic E-state index is -4.64. The van der Waals surface area contributed by atoms with E-state index in [0.717, 1.165) is 18.9 Å². The zero-order valence-corrected chi connectivity index (χ0v) is 20.5. The van der Waals surface area contributed by atoms with Crippen LogP contribution >= 0.6 is 0 Å². The average molecular weight is 491 g/mol. The molecule has 1 aliphatic carbocycles. The average Bonchev–Trinajstić information content (AvgIpc) is 3.51. The van der Waals surface area contributed by atoms with Gasteiger partial charge in [0.05, 0.1) is 23.1 Å². The second-order valence-electron chi connectivity index (χ2n) is 11.5. The molecular weight excluding hydrogens is 457 g/mol. The second-order valence-corrected chi connectivity index (χ2v) is 11.5. The lowest BCUT2D eigenvalue weighted by molar-refractivity contribution is -0.138. The molecule has 9 heteroatoms. The first-order chi connectivity index (χ1) is 16.3. The largest absolute Gasteiger partial charge is 0.417 e. The molecule has 0 aromatic heterocycles. The Labute approximate surface area is 204 Å². The van der Waals surface area contributed by atoms with Gasteiger partial charge in [-0.3, -0.25) is 9.59 Å². The number of carbonyl (C=O) groups excluding carboxylic acids is 2. The third-order valence-corrected chi connectivity index (χ3v) is 7.48. The Bertz CT molecular complexity index is 1030. The molecule has 35 heavy (non-hydrogen) atoms. The maximum Gasteiger partial charge on any atom is 0.417 e. The Morgan fingerprint density at radius 3 is 2.37 bits per heavy atom. The molecule has 0 bridgehead atoms. The van der Waals surface area contributed by atoms with Crippen molar-refractivity contribution in [3.8, 4) is 6.07 Å². The molecule has 190 valence electrons. The van der Waals surface area contributed by atoms with Gasteiger partial charge in [0.15, 0.2) is 0 Å². The van der Waals surface area contributed by atoms with E-state index in [4.69, 9.17) is 5.26 Å². The van der Waals surface area contributed by atoms with E-state index in [1.807, 2.05) is 30.6 Å². The smallest absolute Gasteiger partial charge is 0.370 e. The maximum absolute atomic E-state index is 13.6. The topological polar surface area (TPSA) is 76.4 Å². The van der Waals surface area contributed by atoms with Crippen molar-refractivity contribution in [3.05, 3.63) is 29.3 Å². The Balaban J connectivity index is 1.57. The first-order valence-electron chi connectivity index (χ1n) is 12.3. The molecule has 6 nitrogen and oxygen atoms in total. The summed E-state index contributed by atoms with van der Waals surface area (Å²) in [4.78, 5) is 29.7. The molecule has 0 radical (unpaired) electrons. The van der Waals surface area contributed by atoms with Crippen LogP contribution in [0, 0.1) is 28.1 Å². The summed E-state index contributed by atoms with van der Waals surface area (Å²) in [5.74, 6) is -0.315. The van der Waals surface area contributed by atoms with E-state index in [1.54, 1.807) is 6.07 Å². The molecule has 4 rings (SSSR count). The highest BCUT2D eigenvalue weighted by molar-refractivity contribution is 5.82. The highest BCUT2D eigenvalue weighted by Gasteiger charge is 2.52. The quantitative estimate of drug-likeness (QED) is 0.682. The molecule has 1 spiro atoms. The van der Waals surface area contributed by atoms with Crippen molar-refractivity contribution in [1.82, 2.24) is 10.2 Å². The van der Waals surface area contributed by atoms with E-state index in [1.165, 1.54) is 12.1 Å². The van der Waals surface area contributed by atoms with Gasteiger partial charge >= 0.3 is 6.18 Å². The zero-order chi connectivity index (χ0) is 25.6. The van der Waals surface area contributed by atoms with E-state index in [0.29, 0.717) is 51.1 Å². The summed E-state index contributed by atoms with van der Waals surface area (Å²) in [6.07, 6.45) is -1.03. The van der Waals surface area contributed by atoms with Crippen LogP contribution in [0.3, 0.4) is 0 Å². The predicted molar refractivity (Wildman–Crippen MR) is 125 cm³/mol. The number of nitrogens with one attached hydrogen (secondary N) is 1. The van der Waals surface area contributed by atoms with Crippen LogP contribution in [0.1, 0.15) is 64.0 Å². The van der Waals surface area contributed by atoms with Crippen molar-refractivity contribution in [2.75, 3.05) is 31.1 Å². The number of hydrogen-bond acceptors (Lipinski definition) is 4. The lowest BCUT2D eigenvalue weighted by atomic mass is 9.70. The van der Waals surface area contributed by atoms with Gasteiger partial charge in [-0.15, -0.1) is 0 Å².